The largest absolute Gasteiger partial charge is 0.275 e. The fraction of sp³-hybridized carbons (Fsp3) is 0.600. The van der Waals surface area contributed by atoms with Crippen LogP contribution < -0.4 is 5.48 Å². The maximum atomic E-state index is 4.82. The third kappa shape index (κ3) is 1.29. The van der Waals surface area contributed by atoms with Gasteiger partial charge in [0, 0.05) is 0 Å². The first kappa shape index (κ1) is 4.81. The molecule has 1 heterocycles. The van der Waals surface area contributed by atoms with Gasteiger partial charge in [0.15, 0.2) is 0 Å². The van der Waals surface area contributed by atoms with Gasteiger partial charge >= 0.3 is 0 Å². The molecular weight excluding hydrogens is 90.1 g/mol. The van der Waals surface area contributed by atoms with Crippen molar-refractivity contribution in [3.8, 4) is 0 Å². The minimum Gasteiger partial charge on any atom is -0.275 e. The van der Waals surface area contributed by atoms with Gasteiger partial charge in [0.1, 0.15) is 0 Å². The Bertz CT molecular complexity index is 80.1. The first-order valence-corrected chi connectivity index (χ1v) is 2.39. The van der Waals surface area contributed by atoms with Crippen LogP contribution in [0, 0.1) is 0 Å². The van der Waals surface area contributed by atoms with Crippen molar-refractivity contribution in [2.45, 2.75) is 13.0 Å². The van der Waals surface area contributed by atoms with E-state index in [1.807, 2.05) is 19.1 Å². The van der Waals surface area contributed by atoms with Gasteiger partial charge in [0.25, 0.3) is 0 Å². The van der Waals surface area contributed by atoms with E-state index in [1.54, 1.807) is 0 Å². The molecule has 0 fully saturated rings. The fourth-order valence-corrected chi connectivity index (χ4v) is 0.491. The highest BCUT2D eigenvalue weighted by atomic mass is 16.7. The molecule has 1 radical (unpaired) electrons. The summed E-state index contributed by atoms with van der Waals surface area (Å²) in [4.78, 5) is 4.82. The normalized spacial score (nSPS) is 30.7. The van der Waals surface area contributed by atoms with E-state index >= 15 is 0 Å². The highest BCUT2D eigenvalue weighted by molar-refractivity contribution is 4.90. The highest BCUT2D eigenvalue weighted by Crippen LogP contribution is 1.94. The van der Waals surface area contributed by atoms with Crippen LogP contribution in [0.1, 0.15) is 6.92 Å². The lowest BCUT2D eigenvalue weighted by Crippen LogP contribution is -2.18. The Kier molecular flexibility index (Phi) is 1.44. The van der Waals surface area contributed by atoms with E-state index in [0.717, 1.165) is 0 Å². The standard InChI is InChI=1S/C5H8NO/c1-5-3-2-4-6-7-5/h2-3,5H,4H2,1H3. The van der Waals surface area contributed by atoms with Crippen molar-refractivity contribution in [1.29, 1.82) is 0 Å². The van der Waals surface area contributed by atoms with E-state index in [2.05, 4.69) is 5.48 Å². The summed E-state index contributed by atoms with van der Waals surface area (Å²) in [7, 11) is 0. The molecule has 0 aromatic rings. The van der Waals surface area contributed by atoms with E-state index in [9.17, 15) is 0 Å². The minimum absolute atomic E-state index is 0.189. The van der Waals surface area contributed by atoms with Crippen LogP contribution >= 0.6 is 0 Å². The Morgan fingerprint density at radius 2 is 2.71 bits per heavy atom. The molecule has 1 aliphatic rings. The van der Waals surface area contributed by atoms with Crippen molar-refractivity contribution in [3.63, 3.8) is 0 Å². The lowest BCUT2D eigenvalue weighted by molar-refractivity contribution is 0.000839. The minimum atomic E-state index is 0.189. The van der Waals surface area contributed by atoms with Gasteiger partial charge in [-0.3, -0.25) is 4.84 Å². The van der Waals surface area contributed by atoms with E-state index in [0.29, 0.717) is 6.54 Å². The third-order valence-corrected chi connectivity index (χ3v) is 0.828. The molecule has 1 unspecified atom stereocenters. The van der Waals surface area contributed by atoms with Gasteiger partial charge in [-0.1, -0.05) is 17.6 Å². The number of hydrogen-bond acceptors (Lipinski definition) is 1. The lowest BCUT2D eigenvalue weighted by atomic mass is 10.3. The molecule has 0 bridgehead atoms. The van der Waals surface area contributed by atoms with E-state index in [4.69, 9.17) is 4.84 Å². The summed E-state index contributed by atoms with van der Waals surface area (Å²) >= 11 is 0. The molecule has 2 nitrogen and oxygen atoms in total. The summed E-state index contributed by atoms with van der Waals surface area (Å²) in [6, 6.07) is 0. The summed E-state index contributed by atoms with van der Waals surface area (Å²) < 4.78 is 0. The van der Waals surface area contributed by atoms with Gasteiger partial charge < -0.3 is 0 Å². The van der Waals surface area contributed by atoms with Crippen LogP contribution in [0.25, 0.3) is 0 Å². The zero-order valence-corrected chi connectivity index (χ0v) is 4.29. The average Bonchev–Trinajstić information content (AvgIpc) is 1.69. The Morgan fingerprint density at radius 1 is 1.86 bits per heavy atom. The number of nitrogens with zero attached hydrogens (tertiary/aromatic N) is 1. The smallest absolute Gasteiger partial charge is 0.0964 e. The molecule has 39 valence electrons. The van der Waals surface area contributed by atoms with Crippen molar-refractivity contribution in [1.82, 2.24) is 5.48 Å². The van der Waals surface area contributed by atoms with Gasteiger partial charge in [-0.2, -0.15) is 0 Å². The highest BCUT2D eigenvalue weighted by Gasteiger charge is 1.99. The summed E-state index contributed by atoms with van der Waals surface area (Å²) in [6.07, 6.45) is 4.18. The first-order valence-electron chi connectivity index (χ1n) is 2.39. The molecule has 0 amide bonds. The number of rotatable bonds is 0. The zero-order chi connectivity index (χ0) is 5.11. The average molecular weight is 98.1 g/mol. The molecule has 2 heteroatoms. The Balaban J connectivity index is 2.36. The SMILES string of the molecule is CC1C=CC[N]O1. The van der Waals surface area contributed by atoms with Gasteiger partial charge in [0.05, 0.1) is 12.6 Å². The van der Waals surface area contributed by atoms with Crippen molar-refractivity contribution in [2.75, 3.05) is 6.54 Å². The second-order valence-electron chi connectivity index (χ2n) is 1.55. The molecule has 7 heavy (non-hydrogen) atoms. The predicted octanol–water partition coefficient (Wildman–Crippen LogP) is 0.481. The third-order valence-electron chi connectivity index (χ3n) is 0.828. The second-order valence-corrected chi connectivity index (χ2v) is 1.55. The topological polar surface area (TPSA) is 23.3 Å². The molecule has 0 saturated carbocycles. The van der Waals surface area contributed by atoms with Gasteiger partial charge in [-0.15, -0.1) is 0 Å². The van der Waals surface area contributed by atoms with Gasteiger partial charge in [0.2, 0.25) is 0 Å². The quantitative estimate of drug-likeness (QED) is 0.404. The van der Waals surface area contributed by atoms with Crippen LogP contribution in [0.5, 0.6) is 0 Å². The molecule has 0 aliphatic carbocycles. The van der Waals surface area contributed by atoms with Crippen molar-refractivity contribution >= 4 is 0 Å². The fourth-order valence-electron chi connectivity index (χ4n) is 0.491. The van der Waals surface area contributed by atoms with Crippen molar-refractivity contribution in [3.05, 3.63) is 12.2 Å². The van der Waals surface area contributed by atoms with Crippen LogP contribution in [0.3, 0.4) is 0 Å². The molecule has 1 atom stereocenters. The second kappa shape index (κ2) is 2.09. The van der Waals surface area contributed by atoms with Crippen molar-refractivity contribution in [2.24, 2.45) is 0 Å². The molecule has 1 aliphatic heterocycles. The van der Waals surface area contributed by atoms with Crippen LogP contribution in [-0.4, -0.2) is 12.6 Å². The number of hydroxylamine groups is 1. The van der Waals surface area contributed by atoms with Gasteiger partial charge in [-0.25, -0.2) is 0 Å². The molecule has 0 spiro atoms. The lowest BCUT2D eigenvalue weighted by Gasteiger charge is -2.09. The van der Waals surface area contributed by atoms with Crippen molar-refractivity contribution < 1.29 is 4.84 Å². The summed E-state index contributed by atoms with van der Waals surface area (Å²) in [5, 5.41) is 0. The van der Waals surface area contributed by atoms with E-state index < -0.39 is 0 Å². The molecular formula is C5H8NO. The zero-order valence-electron chi connectivity index (χ0n) is 4.29. The summed E-state index contributed by atoms with van der Waals surface area (Å²) in [6.45, 7) is 2.67. The monoisotopic (exact) mass is 98.1 g/mol. The predicted molar refractivity (Wildman–Crippen MR) is 26.7 cm³/mol. The summed E-state index contributed by atoms with van der Waals surface area (Å²) in [5.74, 6) is 0. The van der Waals surface area contributed by atoms with Crippen LogP contribution in [-0.2, 0) is 4.84 Å². The molecule has 0 aromatic heterocycles. The Hall–Kier alpha value is -0.340. The Morgan fingerprint density at radius 3 is 3.00 bits per heavy atom. The molecule has 0 aromatic carbocycles. The number of hydrogen-bond donors (Lipinski definition) is 0. The molecule has 1 rings (SSSR count). The maximum absolute atomic E-state index is 4.82. The first-order chi connectivity index (χ1) is 3.39. The van der Waals surface area contributed by atoms with E-state index in [1.165, 1.54) is 0 Å². The van der Waals surface area contributed by atoms with Crippen LogP contribution in [0.2, 0.25) is 0 Å². The van der Waals surface area contributed by atoms with Gasteiger partial charge in [-0.05, 0) is 6.92 Å². The van der Waals surface area contributed by atoms with E-state index in [-0.39, 0.29) is 6.10 Å². The maximum Gasteiger partial charge on any atom is 0.0964 e. The summed E-state index contributed by atoms with van der Waals surface area (Å²) in [5.41, 5.74) is 3.67. The molecule has 0 N–H and O–H groups in total. The van der Waals surface area contributed by atoms with Crippen LogP contribution in [0.15, 0.2) is 12.2 Å². The Labute approximate surface area is 43.1 Å². The molecule has 0 saturated heterocycles. The van der Waals surface area contributed by atoms with Crippen LogP contribution in [0.4, 0.5) is 0 Å².